The topological polar surface area (TPSA) is 92.5 Å². The summed E-state index contributed by atoms with van der Waals surface area (Å²) in [5.74, 6) is 0.186. The number of piperidine rings is 1. The van der Waals surface area contributed by atoms with Gasteiger partial charge in [-0.2, -0.15) is 0 Å². The van der Waals surface area contributed by atoms with Crippen LogP contribution in [0.4, 0.5) is 0 Å². The number of aromatic nitrogens is 2. The molecule has 0 aliphatic carbocycles. The molecule has 1 saturated heterocycles. The molecular formula is C26H29N3O4S. The van der Waals surface area contributed by atoms with E-state index >= 15 is 0 Å². The molecule has 0 saturated carbocycles. The van der Waals surface area contributed by atoms with Crippen molar-refractivity contribution < 1.29 is 18.3 Å². The standard InChI is InChI=1S/C26H29N3O4S/c1-34(32,33)20-8-6-18(7-9-20)14-26(31)28-12-10-19(11-13-28)25(30)15-23-21-4-2-3-5-22(21)24-16-27-17-29(23)24/h2-9,16-17,19,23,25,30H,10-15H2,1H3. The lowest BCUT2D eigenvalue weighted by Crippen LogP contribution is -2.42. The Kier molecular flexibility index (Phi) is 6.04. The third-order valence-electron chi connectivity index (χ3n) is 7.21. The molecule has 1 amide bonds. The Balaban J connectivity index is 1.17. The van der Waals surface area contributed by atoms with Crippen molar-refractivity contribution in [1.29, 1.82) is 0 Å². The van der Waals surface area contributed by atoms with Crippen LogP contribution in [0.2, 0.25) is 0 Å². The fourth-order valence-electron chi connectivity index (χ4n) is 5.27. The summed E-state index contributed by atoms with van der Waals surface area (Å²) in [6.07, 6.45) is 6.86. The molecule has 1 fully saturated rings. The molecule has 2 unspecified atom stereocenters. The first kappa shape index (κ1) is 22.8. The number of fused-ring (bicyclic) bond motifs is 3. The van der Waals surface area contributed by atoms with E-state index in [2.05, 4.69) is 21.7 Å². The summed E-state index contributed by atoms with van der Waals surface area (Å²) in [7, 11) is -3.25. The first-order valence-electron chi connectivity index (χ1n) is 11.7. The number of aliphatic hydroxyl groups is 1. The van der Waals surface area contributed by atoms with Gasteiger partial charge in [0, 0.05) is 24.9 Å². The van der Waals surface area contributed by atoms with Gasteiger partial charge < -0.3 is 14.6 Å². The van der Waals surface area contributed by atoms with Gasteiger partial charge in [-0.15, -0.1) is 0 Å². The largest absolute Gasteiger partial charge is 0.393 e. The number of hydrogen-bond acceptors (Lipinski definition) is 5. The van der Waals surface area contributed by atoms with Gasteiger partial charge in [-0.3, -0.25) is 4.79 Å². The fraction of sp³-hybridized carbons (Fsp3) is 0.385. The Morgan fingerprint density at radius 3 is 2.53 bits per heavy atom. The SMILES string of the molecule is CS(=O)(=O)c1ccc(CC(=O)N2CCC(C(O)CC3c4ccccc4-c4cncn43)CC2)cc1. The lowest BCUT2D eigenvalue weighted by Gasteiger charge is -2.35. The molecule has 1 aromatic heterocycles. The van der Waals surface area contributed by atoms with Crippen molar-refractivity contribution in [3.05, 3.63) is 72.2 Å². The van der Waals surface area contributed by atoms with Crippen LogP contribution in [-0.2, 0) is 21.1 Å². The molecule has 5 rings (SSSR count). The first-order valence-corrected chi connectivity index (χ1v) is 13.6. The number of rotatable bonds is 6. The van der Waals surface area contributed by atoms with Gasteiger partial charge in [-0.25, -0.2) is 13.4 Å². The van der Waals surface area contributed by atoms with Gasteiger partial charge in [0.15, 0.2) is 9.84 Å². The van der Waals surface area contributed by atoms with E-state index in [4.69, 9.17) is 0 Å². The van der Waals surface area contributed by atoms with Crippen molar-refractivity contribution in [1.82, 2.24) is 14.5 Å². The number of amides is 1. The number of benzene rings is 2. The molecule has 2 aliphatic rings. The molecule has 7 nitrogen and oxygen atoms in total. The van der Waals surface area contributed by atoms with E-state index in [0.717, 1.165) is 24.1 Å². The summed E-state index contributed by atoms with van der Waals surface area (Å²) in [5, 5.41) is 11.1. The molecule has 8 heteroatoms. The Labute approximate surface area is 200 Å². The Bertz CT molecular complexity index is 1290. The smallest absolute Gasteiger partial charge is 0.226 e. The van der Waals surface area contributed by atoms with E-state index in [9.17, 15) is 18.3 Å². The minimum atomic E-state index is -3.25. The van der Waals surface area contributed by atoms with Crippen molar-refractivity contribution in [2.24, 2.45) is 5.92 Å². The van der Waals surface area contributed by atoms with E-state index < -0.39 is 15.9 Å². The molecular weight excluding hydrogens is 450 g/mol. The maximum absolute atomic E-state index is 12.8. The summed E-state index contributed by atoms with van der Waals surface area (Å²) in [6.45, 7) is 1.25. The third-order valence-corrected chi connectivity index (χ3v) is 8.33. The summed E-state index contributed by atoms with van der Waals surface area (Å²) in [6, 6.07) is 14.9. The quantitative estimate of drug-likeness (QED) is 0.587. The van der Waals surface area contributed by atoms with E-state index in [1.807, 2.05) is 29.6 Å². The Hall–Kier alpha value is -2.97. The van der Waals surface area contributed by atoms with Crippen molar-refractivity contribution >= 4 is 15.7 Å². The number of hydrogen-bond donors (Lipinski definition) is 1. The number of aliphatic hydroxyl groups excluding tert-OH is 1. The maximum atomic E-state index is 12.8. The highest BCUT2D eigenvalue weighted by Crippen LogP contribution is 2.42. The monoisotopic (exact) mass is 479 g/mol. The van der Waals surface area contributed by atoms with Gasteiger partial charge in [0.25, 0.3) is 0 Å². The minimum Gasteiger partial charge on any atom is -0.393 e. The normalized spacial score (nSPS) is 19.0. The zero-order chi connectivity index (χ0) is 23.9. The zero-order valence-electron chi connectivity index (χ0n) is 19.2. The molecule has 0 spiro atoms. The summed E-state index contributed by atoms with van der Waals surface area (Å²) in [4.78, 5) is 19.2. The average Bonchev–Trinajstić information content (AvgIpc) is 3.41. The van der Waals surface area contributed by atoms with Gasteiger partial charge in [0.1, 0.15) is 0 Å². The molecule has 0 radical (unpaired) electrons. The number of carbonyl (C=O) groups excluding carboxylic acids is 1. The predicted octanol–water partition coefficient (Wildman–Crippen LogP) is 3.09. The Morgan fingerprint density at radius 1 is 1.12 bits per heavy atom. The van der Waals surface area contributed by atoms with Crippen molar-refractivity contribution in [3.63, 3.8) is 0 Å². The molecule has 2 atom stereocenters. The van der Waals surface area contributed by atoms with Crippen LogP contribution in [0.15, 0.2) is 66.0 Å². The van der Waals surface area contributed by atoms with Crippen LogP contribution in [0.3, 0.4) is 0 Å². The van der Waals surface area contributed by atoms with Crippen LogP contribution in [0, 0.1) is 5.92 Å². The number of likely N-dealkylation sites (tertiary alicyclic amines) is 1. The fourth-order valence-corrected chi connectivity index (χ4v) is 5.90. The highest BCUT2D eigenvalue weighted by Gasteiger charge is 2.33. The third kappa shape index (κ3) is 4.40. The summed E-state index contributed by atoms with van der Waals surface area (Å²) < 4.78 is 25.4. The molecule has 2 aromatic carbocycles. The minimum absolute atomic E-state index is 0.0350. The van der Waals surface area contributed by atoms with Gasteiger partial charge >= 0.3 is 0 Å². The second kappa shape index (κ2) is 9.00. The molecule has 3 aromatic rings. The van der Waals surface area contributed by atoms with Crippen LogP contribution < -0.4 is 0 Å². The second-order valence-electron chi connectivity index (χ2n) is 9.40. The van der Waals surface area contributed by atoms with E-state index in [0.29, 0.717) is 19.5 Å². The number of nitrogens with zero attached hydrogens (tertiary/aromatic N) is 3. The van der Waals surface area contributed by atoms with Crippen LogP contribution in [0.5, 0.6) is 0 Å². The zero-order valence-corrected chi connectivity index (χ0v) is 20.0. The van der Waals surface area contributed by atoms with E-state index in [-0.39, 0.29) is 29.2 Å². The van der Waals surface area contributed by atoms with Crippen LogP contribution in [-0.4, -0.2) is 59.3 Å². The molecule has 1 N–H and O–H groups in total. The molecule has 2 aliphatic heterocycles. The van der Waals surface area contributed by atoms with Crippen LogP contribution in [0.1, 0.15) is 36.4 Å². The lowest BCUT2D eigenvalue weighted by atomic mass is 9.86. The molecule has 178 valence electrons. The molecule has 34 heavy (non-hydrogen) atoms. The highest BCUT2D eigenvalue weighted by molar-refractivity contribution is 7.90. The number of sulfone groups is 1. The maximum Gasteiger partial charge on any atom is 0.226 e. The summed E-state index contributed by atoms with van der Waals surface area (Å²) >= 11 is 0. The van der Waals surface area contributed by atoms with E-state index in [1.165, 1.54) is 17.4 Å². The van der Waals surface area contributed by atoms with Gasteiger partial charge in [0.2, 0.25) is 5.91 Å². The first-order chi connectivity index (χ1) is 16.3. The molecule has 3 heterocycles. The van der Waals surface area contributed by atoms with Crippen molar-refractivity contribution in [2.45, 2.75) is 42.7 Å². The lowest BCUT2D eigenvalue weighted by molar-refractivity contribution is -0.132. The predicted molar refractivity (Wildman–Crippen MR) is 129 cm³/mol. The Morgan fingerprint density at radius 2 is 1.82 bits per heavy atom. The second-order valence-corrected chi connectivity index (χ2v) is 11.4. The van der Waals surface area contributed by atoms with Gasteiger partial charge in [-0.1, -0.05) is 36.4 Å². The van der Waals surface area contributed by atoms with Crippen molar-refractivity contribution in [3.8, 4) is 11.3 Å². The van der Waals surface area contributed by atoms with Crippen LogP contribution in [0.25, 0.3) is 11.3 Å². The number of imidazole rings is 1. The highest BCUT2D eigenvalue weighted by atomic mass is 32.2. The summed E-state index contributed by atoms with van der Waals surface area (Å²) in [5.41, 5.74) is 4.31. The molecule has 0 bridgehead atoms. The van der Waals surface area contributed by atoms with Crippen molar-refractivity contribution in [2.75, 3.05) is 19.3 Å². The van der Waals surface area contributed by atoms with E-state index in [1.54, 1.807) is 24.3 Å². The van der Waals surface area contributed by atoms with Gasteiger partial charge in [-0.05, 0) is 48.4 Å². The van der Waals surface area contributed by atoms with Crippen LogP contribution >= 0.6 is 0 Å². The average molecular weight is 480 g/mol. The number of carbonyl (C=O) groups is 1. The van der Waals surface area contributed by atoms with Gasteiger partial charge in [0.05, 0.1) is 41.7 Å².